The number of aromatic hydroxyl groups is 1. The highest BCUT2D eigenvalue weighted by molar-refractivity contribution is 5.99. The number of benzene rings is 1. The Balaban J connectivity index is 2.23. The van der Waals surface area contributed by atoms with Gasteiger partial charge in [-0.2, -0.15) is 0 Å². The van der Waals surface area contributed by atoms with E-state index in [9.17, 15) is 24.8 Å². The van der Waals surface area contributed by atoms with E-state index in [0.717, 1.165) is 18.2 Å². The van der Waals surface area contributed by atoms with E-state index in [2.05, 4.69) is 4.74 Å². The van der Waals surface area contributed by atoms with Crippen molar-refractivity contribution in [3.05, 3.63) is 33.9 Å². The monoisotopic (exact) mass is 294 g/mol. The van der Waals surface area contributed by atoms with Crippen LogP contribution in [0, 0.1) is 16.0 Å². The molecule has 0 radical (unpaired) electrons. The smallest absolute Gasteiger partial charge is 0.310 e. The molecule has 21 heavy (non-hydrogen) atoms. The number of phenolic OH excluding ortho intramolecular Hbond substituents is 1. The molecule has 0 saturated carbocycles. The first-order chi connectivity index (χ1) is 9.93. The van der Waals surface area contributed by atoms with E-state index < -0.39 is 22.7 Å². The Morgan fingerprint density at radius 1 is 1.48 bits per heavy atom. The molecular formula is C13H14N2O6. The Labute approximate surface area is 120 Å². The Bertz CT molecular complexity index is 600. The van der Waals surface area contributed by atoms with Crippen LogP contribution in [0.15, 0.2) is 18.2 Å². The number of nitro benzene ring substituents is 1. The Hall–Kier alpha value is -2.64. The summed E-state index contributed by atoms with van der Waals surface area (Å²) in [5, 5.41) is 20.4. The summed E-state index contributed by atoms with van der Waals surface area (Å²) < 4.78 is 4.62. The second kappa shape index (κ2) is 5.78. The lowest BCUT2D eigenvalue weighted by atomic mass is 10.1. The second-order valence-corrected chi connectivity index (χ2v) is 4.72. The predicted octanol–water partition coefficient (Wildman–Crippen LogP) is 0.935. The highest BCUT2D eigenvalue weighted by Gasteiger charge is 2.34. The molecule has 0 aromatic heterocycles. The number of nitro groups is 1. The molecule has 0 bridgehead atoms. The van der Waals surface area contributed by atoms with Crippen LogP contribution >= 0.6 is 0 Å². The summed E-state index contributed by atoms with van der Waals surface area (Å²) >= 11 is 0. The minimum Gasteiger partial charge on any atom is -0.508 e. The number of likely N-dealkylation sites (tertiary alicyclic amines) is 1. The quantitative estimate of drug-likeness (QED) is 0.504. The van der Waals surface area contributed by atoms with Gasteiger partial charge in [-0.3, -0.25) is 19.7 Å². The van der Waals surface area contributed by atoms with E-state index in [-0.39, 0.29) is 23.5 Å². The number of carbonyl (C=O) groups excluding carboxylic acids is 2. The molecule has 2 rings (SSSR count). The zero-order valence-electron chi connectivity index (χ0n) is 11.3. The van der Waals surface area contributed by atoms with Gasteiger partial charge in [-0.25, -0.2) is 0 Å². The van der Waals surface area contributed by atoms with Crippen LogP contribution in [0.1, 0.15) is 16.8 Å². The number of hydrogen-bond donors (Lipinski definition) is 1. The average Bonchev–Trinajstić information content (AvgIpc) is 2.95. The van der Waals surface area contributed by atoms with Gasteiger partial charge in [-0.1, -0.05) is 0 Å². The fraction of sp³-hybridized carbons (Fsp3) is 0.385. The fourth-order valence-electron chi connectivity index (χ4n) is 2.33. The third-order valence-corrected chi connectivity index (χ3v) is 3.42. The number of phenols is 1. The van der Waals surface area contributed by atoms with Gasteiger partial charge in [0.25, 0.3) is 11.6 Å². The summed E-state index contributed by atoms with van der Waals surface area (Å²) in [4.78, 5) is 35.4. The number of hydrogen-bond acceptors (Lipinski definition) is 6. The largest absolute Gasteiger partial charge is 0.508 e. The molecule has 1 saturated heterocycles. The van der Waals surface area contributed by atoms with E-state index in [4.69, 9.17) is 0 Å². The summed E-state index contributed by atoms with van der Waals surface area (Å²) in [5.74, 6) is -1.64. The number of rotatable bonds is 3. The highest BCUT2D eigenvalue weighted by atomic mass is 16.6. The van der Waals surface area contributed by atoms with Crippen molar-refractivity contribution in [2.24, 2.45) is 5.92 Å². The summed E-state index contributed by atoms with van der Waals surface area (Å²) in [5.41, 5.74) is -0.565. The molecule has 1 amide bonds. The number of amides is 1. The van der Waals surface area contributed by atoms with Crippen LogP contribution in [0.5, 0.6) is 5.75 Å². The molecule has 1 N–H and O–H groups in total. The Morgan fingerprint density at radius 2 is 2.19 bits per heavy atom. The van der Waals surface area contributed by atoms with E-state index in [1.165, 1.54) is 12.0 Å². The van der Waals surface area contributed by atoms with Crippen molar-refractivity contribution in [1.82, 2.24) is 4.90 Å². The molecule has 8 heteroatoms. The van der Waals surface area contributed by atoms with Gasteiger partial charge < -0.3 is 14.7 Å². The first-order valence-electron chi connectivity index (χ1n) is 6.28. The molecular weight excluding hydrogens is 280 g/mol. The molecule has 1 fully saturated rings. The van der Waals surface area contributed by atoms with Gasteiger partial charge in [-0.05, 0) is 18.6 Å². The van der Waals surface area contributed by atoms with Gasteiger partial charge in [-0.15, -0.1) is 0 Å². The van der Waals surface area contributed by atoms with Crippen molar-refractivity contribution in [3.8, 4) is 5.75 Å². The average molecular weight is 294 g/mol. The lowest BCUT2D eigenvalue weighted by Gasteiger charge is -2.16. The number of methoxy groups -OCH3 is 1. The molecule has 1 aliphatic rings. The second-order valence-electron chi connectivity index (χ2n) is 4.72. The zero-order chi connectivity index (χ0) is 15.6. The number of nitrogens with zero attached hydrogens (tertiary/aromatic N) is 2. The van der Waals surface area contributed by atoms with Crippen molar-refractivity contribution < 1.29 is 24.4 Å². The molecule has 8 nitrogen and oxygen atoms in total. The van der Waals surface area contributed by atoms with Gasteiger partial charge in [0, 0.05) is 19.2 Å². The van der Waals surface area contributed by atoms with Crippen LogP contribution in [-0.2, 0) is 9.53 Å². The predicted molar refractivity (Wildman–Crippen MR) is 70.8 cm³/mol. The van der Waals surface area contributed by atoms with Crippen LogP contribution in [-0.4, -0.2) is 47.0 Å². The maximum absolute atomic E-state index is 12.3. The number of ether oxygens (including phenoxy) is 1. The molecule has 1 heterocycles. The molecule has 0 aliphatic carbocycles. The maximum atomic E-state index is 12.3. The van der Waals surface area contributed by atoms with Crippen LogP contribution in [0.4, 0.5) is 5.69 Å². The summed E-state index contributed by atoms with van der Waals surface area (Å²) in [7, 11) is 1.27. The van der Waals surface area contributed by atoms with Gasteiger partial charge in [0.1, 0.15) is 11.3 Å². The lowest BCUT2D eigenvalue weighted by Crippen LogP contribution is -2.30. The summed E-state index contributed by atoms with van der Waals surface area (Å²) in [6.45, 7) is 0.462. The van der Waals surface area contributed by atoms with Gasteiger partial charge in [0.15, 0.2) is 0 Å². The molecule has 1 aliphatic heterocycles. The van der Waals surface area contributed by atoms with E-state index >= 15 is 0 Å². The topological polar surface area (TPSA) is 110 Å². The van der Waals surface area contributed by atoms with E-state index in [1.54, 1.807) is 0 Å². The normalized spacial score (nSPS) is 17.6. The molecule has 0 spiro atoms. The van der Waals surface area contributed by atoms with E-state index in [1.807, 2.05) is 0 Å². The third-order valence-electron chi connectivity index (χ3n) is 3.42. The molecule has 112 valence electrons. The molecule has 1 atom stereocenters. The van der Waals surface area contributed by atoms with Crippen molar-refractivity contribution in [2.45, 2.75) is 6.42 Å². The number of esters is 1. The van der Waals surface area contributed by atoms with Crippen LogP contribution in [0.25, 0.3) is 0 Å². The van der Waals surface area contributed by atoms with Gasteiger partial charge >= 0.3 is 5.97 Å². The minimum absolute atomic E-state index is 0.151. The molecule has 1 unspecified atom stereocenters. The minimum atomic E-state index is -0.680. The van der Waals surface area contributed by atoms with Crippen LogP contribution in [0.2, 0.25) is 0 Å². The first-order valence-corrected chi connectivity index (χ1v) is 6.28. The SMILES string of the molecule is COC(=O)C1CCN(C(=O)c2cc(O)ccc2[N+](=O)[O-])C1. The Morgan fingerprint density at radius 3 is 2.81 bits per heavy atom. The lowest BCUT2D eigenvalue weighted by molar-refractivity contribution is -0.385. The Kier molecular flexibility index (Phi) is 4.06. The van der Waals surface area contributed by atoms with Gasteiger partial charge in [0.05, 0.1) is 18.0 Å². The van der Waals surface area contributed by atoms with Crippen LogP contribution in [0.3, 0.4) is 0 Å². The van der Waals surface area contributed by atoms with Crippen molar-refractivity contribution in [1.29, 1.82) is 0 Å². The summed E-state index contributed by atoms with van der Waals surface area (Å²) in [6.07, 6.45) is 0.449. The van der Waals surface area contributed by atoms with Gasteiger partial charge in [0.2, 0.25) is 0 Å². The standard InChI is InChI=1S/C13H14N2O6/c1-21-13(18)8-4-5-14(7-8)12(17)10-6-9(16)2-3-11(10)15(19)20/h2-3,6,8,16H,4-5,7H2,1H3. The van der Waals surface area contributed by atoms with Crippen LogP contribution < -0.4 is 0 Å². The fourth-order valence-corrected chi connectivity index (χ4v) is 2.33. The van der Waals surface area contributed by atoms with E-state index in [0.29, 0.717) is 13.0 Å². The molecule has 1 aromatic rings. The maximum Gasteiger partial charge on any atom is 0.310 e. The highest BCUT2D eigenvalue weighted by Crippen LogP contribution is 2.27. The molecule has 1 aromatic carbocycles. The first kappa shape index (κ1) is 14.8. The third kappa shape index (κ3) is 2.93. The zero-order valence-corrected chi connectivity index (χ0v) is 11.3. The van der Waals surface area contributed by atoms with Crippen molar-refractivity contribution >= 4 is 17.6 Å². The summed E-state index contributed by atoms with van der Waals surface area (Å²) in [6, 6.07) is 3.29. The number of carbonyl (C=O) groups is 2. The van der Waals surface area contributed by atoms with Crippen molar-refractivity contribution in [3.63, 3.8) is 0 Å². The van der Waals surface area contributed by atoms with Crippen molar-refractivity contribution in [2.75, 3.05) is 20.2 Å².